The molecule has 0 fully saturated rings. The molecule has 1 aromatic heterocycles. The number of aromatic nitrogens is 1. The van der Waals surface area contributed by atoms with Crippen LogP contribution in [0.2, 0.25) is 0 Å². The van der Waals surface area contributed by atoms with Crippen LogP contribution in [0, 0.1) is 0 Å². The van der Waals surface area contributed by atoms with E-state index in [1.165, 1.54) is 12.3 Å². The molecule has 2 N–H and O–H groups in total. The van der Waals surface area contributed by atoms with Gasteiger partial charge in [-0.25, -0.2) is 4.90 Å². The third-order valence-corrected chi connectivity index (χ3v) is 3.63. The van der Waals surface area contributed by atoms with E-state index >= 15 is 0 Å². The molecule has 2 heterocycles. The molecule has 122 valence electrons. The largest absolute Gasteiger partial charge is 0.396 e. The Labute approximate surface area is 137 Å². The summed E-state index contributed by atoms with van der Waals surface area (Å²) in [6.45, 7) is 0.332. The van der Waals surface area contributed by atoms with E-state index in [9.17, 15) is 14.4 Å². The van der Waals surface area contributed by atoms with Gasteiger partial charge >= 0.3 is 0 Å². The van der Waals surface area contributed by atoms with Crippen molar-refractivity contribution in [1.82, 2.24) is 10.3 Å². The summed E-state index contributed by atoms with van der Waals surface area (Å²) in [5.74, 6) is -1.30. The van der Waals surface area contributed by atoms with Crippen molar-refractivity contribution in [2.45, 2.75) is 6.42 Å². The van der Waals surface area contributed by atoms with E-state index in [4.69, 9.17) is 5.11 Å². The number of carbonyl (C=O) groups is 3. The lowest BCUT2D eigenvalue weighted by Crippen LogP contribution is -2.30. The van der Waals surface area contributed by atoms with Gasteiger partial charge in [0.25, 0.3) is 17.7 Å². The van der Waals surface area contributed by atoms with Crippen molar-refractivity contribution in [3.8, 4) is 0 Å². The van der Waals surface area contributed by atoms with Crippen LogP contribution in [0.25, 0.3) is 0 Å². The maximum absolute atomic E-state index is 12.4. The van der Waals surface area contributed by atoms with Gasteiger partial charge in [0.2, 0.25) is 0 Å². The first-order valence-electron chi connectivity index (χ1n) is 7.46. The standard InChI is InChI=1S/C17H15N3O4/c21-9-3-8-19-15(22)11-4-1-5-12(10-11)20-16(23)13-6-2-7-18-14(13)17(20)24/h1-2,4-7,10,21H,3,8-9H2,(H,19,22). The first-order valence-corrected chi connectivity index (χ1v) is 7.46. The van der Waals surface area contributed by atoms with Crippen molar-refractivity contribution in [3.05, 3.63) is 59.4 Å². The fourth-order valence-corrected chi connectivity index (χ4v) is 2.47. The Morgan fingerprint density at radius 2 is 2.00 bits per heavy atom. The molecule has 0 radical (unpaired) electrons. The molecule has 0 aliphatic carbocycles. The van der Waals surface area contributed by atoms with Crippen LogP contribution in [-0.4, -0.2) is 41.0 Å². The molecule has 0 saturated carbocycles. The second-order valence-corrected chi connectivity index (χ2v) is 5.23. The third-order valence-electron chi connectivity index (χ3n) is 3.63. The van der Waals surface area contributed by atoms with Gasteiger partial charge in [-0.05, 0) is 36.8 Å². The summed E-state index contributed by atoms with van der Waals surface area (Å²) in [5.41, 5.74) is 1.01. The monoisotopic (exact) mass is 325 g/mol. The number of anilines is 1. The van der Waals surface area contributed by atoms with Crippen LogP contribution >= 0.6 is 0 Å². The number of carbonyl (C=O) groups excluding carboxylic acids is 3. The Balaban J connectivity index is 1.86. The first kappa shape index (κ1) is 15.8. The zero-order valence-corrected chi connectivity index (χ0v) is 12.7. The summed E-state index contributed by atoms with van der Waals surface area (Å²) in [6, 6.07) is 9.41. The number of hydrogen-bond donors (Lipinski definition) is 2. The van der Waals surface area contributed by atoms with Crippen molar-refractivity contribution in [2.24, 2.45) is 0 Å². The molecule has 3 rings (SSSR count). The third kappa shape index (κ3) is 2.77. The number of imide groups is 1. The van der Waals surface area contributed by atoms with E-state index < -0.39 is 11.8 Å². The van der Waals surface area contributed by atoms with Crippen molar-refractivity contribution in [2.75, 3.05) is 18.1 Å². The summed E-state index contributed by atoms with van der Waals surface area (Å²) in [6.07, 6.45) is 1.91. The van der Waals surface area contributed by atoms with Gasteiger partial charge in [-0.2, -0.15) is 0 Å². The number of benzene rings is 1. The number of hydrogen-bond acceptors (Lipinski definition) is 5. The Hall–Kier alpha value is -3.06. The smallest absolute Gasteiger partial charge is 0.284 e. The topological polar surface area (TPSA) is 99.6 Å². The average molecular weight is 325 g/mol. The molecule has 1 aromatic carbocycles. The molecule has 1 aliphatic rings. The summed E-state index contributed by atoms with van der Waals surface area (Å²) in [7, 11) is 0. The molecule has 2 aromatic rings. The van der Waals surface area contributed by atoms with Crippen molar-refractivity contribution in [3.63, 3.8) is 0 Å². The molecule has 0 unspecified atom stereocenters. The molecule has 0 bridgehead atoms. The maximum atomic E-state index is 12.4. The normalized spacial score (nSPS) is 13.1. The van der Waals surface area contributed by atoms with E-state index in [-0.39, 0.29) is 23.8 Å². The minimum absolute atomic E-state index is 0.0115. The minimum atomic E-state index is -0.506. The molecule has 0 saturated heterocycles. The van der Waals surface area contributed by atoms with Gasteiger partial charge in [0.1, 0.15) is 5.69 Å². The van der Waals surface area contributed by atoms with Crippen LogP contribution in [-0.2, 0) is 0 Å². The number of nitrogens with one attached hydrogen (secondary N) is 1. The number of nitrogens with zero attached hydrogens (tertiary/aromatic N) is 2. The van der Waals surface area contributed by atoms with Crippen LogP contribution in [0.4, 0.5) is 5.69 Å². The van der Waals surface area contributed by atoms with Crippen LogP contribution in [0.5, 0.6) is 0 Å². The average Bonchev–Trinajstić information content (AvgIpc) is 2.86. The van der Waals surface area contributed by atoms with Crippen LogP contribution in [0.15, 0.2) is 42.6 Å². The highest BCUT2D eigenvalue weighted by Gasteiger charge is 2.37. The second-order valence-electron chi connectivity index (χ2n) is 5.23. The van der Waals surface area contributed by atoms with E-state index in [0.29, 0.717) is 24.2 Å². The number of fused-ring (bicyclic) bond motifs is 1. The summed E-state index contributed by atoms with van der Waals surface area (Å²) < 4.78 is 0. The van der Waals surface area contributed by atoms with E-state index in [0.717, 1.165) is 4.90 Å². The molecule has 7 nitrogen and oxygen atoms in total. The Kier molecular flexibility index (Phi) is 4.35. The van der Waals surface area contributed by atoms with Gasteiger partial charge in [-0.15, -0.1) is 0 Å². The molecule has 0 atom stereocenters. The number of aliphatic hydroxyl groups is 1. The predicted molar refractivity (Wildman–Crippen MR) is 85.9 cm³/mol. The van der Waals surface area contributed by atoms with Gasteiger partial charge in [0.15, 0.2) is 0 Å². The second kappa shape index (κ2) is 6.59. The number of rotatable bonds is 5. The Morgan fingerprint density at radius 1 is 1.17 bits per heavy atom. The summed E-state index contributed by atoms with van der Waals surface area (Å²) >= 11 is 0. The Morgan fingerprint density at radius 3 is 2.75 bits per heavy atom. The minimum Gasteiger partial charge on any atom is -0.396 e. The maximum Gasteiger partial charge on any atom is 0.284 e. The zero-order chi connectivity index (χ0) is 17.1. The predicted octanol–water partition coefficient (Wildman–Crippen LogP) is 0.994. The molecular formula is C17H15N3O4. The molecule has 24 heavy (non-hydrogen) atoms. The van der Waals surface area contributed by atoms with Gasteiger partial charge in [-0.3, -0.25) is 19.4 Å². The van der Waals surface area contributed by atoms with E-state index in [1.807, 2.05) is 0 Å². The molecule has 3 amide bonds. The number of pyridine rings is 1. The molecule has 0 spiro atoms. The lowest BCUT2D eigenvalue weighted by Gasteiger charge is -2.14. The van der Waals surface area contributed by atoms with Gasteiger partial charge < -0.3 is 10.4 Å². The van der Waals surface area contributed by atoms with Crippen molar-refractivity contribution < 1.29 is 19.5 Å². The van der Waals surface area contributed by atoms with E-state index in [2.05, 4.69) is 10.3 Å². The van der Waals surface area contributed by atoms with Crippen molar-refractivity contribution >= 4 is 23.4 Å². The van der Waals surface area contributed by atoms with Crippen LogP contribution in [0.3, 0.4) is 0 Å². The molecular weight excluding hydrogens is 310 g/mol. The van der Waals surface area contributed by atoms with E-state index in [1.54, 1.807) is 30.3 Å². The fourth-order valence-electron chi connectivity index (χ4n) is 2.47. The van der Waals surface area contributed by atoms with Crippen LogP contribution in [0.1, 0.15) is 37.6 Å². The number of amides is 3. The van der Waals surface area contributed by atoms with Gasteiger partial charge in [-0.1, -0.05) is 6.07 Å². The zero-order valence-electron chi connectivity index (χ0n) is 12.7. The Bertz CT molecular complexity index is 784. The highest BCUT2D eigenvalue weighted by Crippen LogP contribution is 2.27. The van der Waals surface area contributed by atoms with Gasteiger partial charge in [0, 0.05) is 24.9 Å². The fraction of sp³-hybridized carbons (Fsp3) is 0.176. The van der Waals surface area contributed by atoms with Gasteiger partial charge in [0.05, 0.1) is 11.3 Å². The highest BCUT2D eigenvalue weighted by atomic mass is 16.3. The molecule has 7 heteroatoms. The van der Waals surface area contributed by atoms with Crippen molar-refractivity contribution in [1.29, 1.82) is 0 Å². The number of aliphatic hydroxyl groups excluding tert-OH is 1. The van der Waals surface area contributed by atoms with Crippen LogP contribution < -0.4 is 10.2 Å². The highest BCUT2D eigenvalue weighted by molar-refractivity contribution is 6.33. The first-order chi connectivity index (χ1) is 11.6. The quantitative estimate of drug-likeness (QED) is 0.631. The SMILES string of the molecule is O=C(NCCCO)c1cccc(N2C(=O)c3cccnc3C2=O)c1. The summed E-state index contributed by atoms with van der Waals surface area (Å²) in [4.78, 5) is 41.9. The summed E-state index contributed by atoms with van der Waals surface area (Å²) in [5, 5.41) is 11.4. The lowest BCUT2D eigenvalue weighted by atomic mass is 10.1. The molecule has 1 aliphatic heterocycles. The lowest BCUT2D eigenvalue weighted by molar-refractivity contribution is 0.0917.